The van der Waals surface area contributed by atoms with E-state index in [9.17, 15) is 0 Å². The molecule has 5 aromatic heterocycles. The van der Waals surface area contributed by atoms with Crippen molar-refractivity contribution in [1.29, 1.82) is 0 Å². The Hall–Kier alpha value is -4.01. The summed E-state index contributed by atoms with van der Waals surface area (Å²) in [4.78, 5) is 24.4. The van der Waals surface area contributed by atoms with Gasteiger partial charge in [-0.25, -0.2) is 15.0 Å². The van der Waals surface area contributed by atoms with E-state index in [2.05, 4.69) is 66.3 Å². The van der Waals surface area contributed by atoms with Crippen molar-refractivity contribution >= 4 is 33.6 Å². The molecule has 172 valence electrons. The third kappa shape index (κ3) is 3.72. The van der Waals surface area contributed by atoms with E-state index in [4.69, 9.17) is 4.98 Å². The number of aromatic amines is 2. The van der Waals surface area contributed by atoms with Crippen molar-refractivity contribution in [3.05, 3.63) is 43.0 Å². The minimum absolute atomic E-state index is 0.329. The van der Waals surface area contributed by atoms with E-state index in [0.29, 0.717) is 11.7 Å². The maximum Gasteiger partial charge on any atom is 0.181 e. The normalized spacial score (nSPS) is 14.4. The van der Waals surface area contributed by atoms with Crippen molar-refractivity contribution in [2.45, 2.75) is 39.2 Å². The number of anilines is 2. The molecule has 1 aliphatic rings. The van der Waals surface area contributed by atoms with Crippen LogP contribution in [-0.4, -0.2) is 54.2 Å². The zero-order valence-electron chi connectivity index (χ0n) is 19.3. The van der Waals surface area contributed by atoms with E-state index in [1.54, 1.807) is 0 Å². The second-order valence-electron chi connectivity index (χ2n) is 9.12. The van der Waals surface area contributed by atoms with Gasteiger partial charge in [0.25, 0.3) is 0 Å². The maximum atomic E-state index is 4.95. The molecule has 0 spiro atoms. The molecule has 0 unspecified atom stereocenters. The summed E-state index contributed by atoms with van der Waals surface area (Å²) in [5, 5.41) is 11.9. The molecule has 6 heterocycles. The molecule has 9 nitrogen and oxygen atoms in total. The lowest BCUT2D eigenvalue weighted by molar-refractivity contribution is 0.574. The first-order valence-corrected chi connectivity index (χ1v) is 11.8. The Morgan fingerprint density at radius 1 is 1.00 bits per heavy atom. The Balaban J connectivity index is 1.41. The molecule has 0 saturated carbocycles. The predicted molar refractivity (Wildman–Crippen MR) is 135 cm³/mol. The minimum Gasteiger partial charge on any atom is -0.382 e. The zero-order valence-corrected chi connectivity index (χ0v) is 19.3. The van der Waals surface area contributed by atoms with E-state index in [-0.39, 0.29) is 0 Å². The molecule has 0 radical (unpaired) electrons. The number of H-pyrrole nitrogens is 2. The molecule has 1 aliphatic heterocycles. The molecule has 34 heavy (non-hydrogen) atoms. The van der Waals surface area contributed by atoms with Crippen LogP contribution in [-0.2, 0) is 0 Å². The molecule has 1 saturated heterocycles. The highest BCUT2D eigenvalue weighted by molar-refractivity contribution is 5.95. The van der Waals surface area contributed by atoms with E-state index >= 15 is 0 Å². The molecule has 3 N–H and O–H groups in total. The van der Waals surface area contributed by atoms with Crippen molar-refractivity contribution in [3.8, 4) is 22.6 Å². The van der Waals surface area contributed by atoms with E-state index in [0.717, 1.165) is 63.7 Å². The lowest BCUT2D eigenvalue weighted by Crippen LogP contribution is -2.30. The second-order valence-corrected chi connectivity index (χ2v) is 9.12. The topological polar surface area (TPSA) is 111 Å². The van der Waals surface area contributed by atoms with Crippen LogP contribution in [0, 0.1) is 0 Å². The lowest BCUT2D eigenvalue weighted by atomic mass is 10.1. The molecule has 0 bridgehead atoms. The van der Waals surface area contributed by atoms with Gasteiger partial charge >= 0.3 is 0 Å². The maximum absolute atomic E-state index is 4.95. The van der Waals surface area contributed by atoms with Crippen molar-refractivity contribution < 1.29 is 0 Å². The highest BCUT2D eigenvalue weighted by atomic mass is 15.2. The number of aromatic nitrogens is 7. The summed E-state index contributed by atoms with van der Waals surface area (Å²) in [5.74, 6) is 1.68. The number of hydrogen-bond acceptors (Lipinski definition) is 7. The lowest BCUT2D eigenvalue weighted by Gasteiger charge is -2.27. The Kier molecular flexibility index (Phi) is 5.09. The first-order valence-electron chi connectivity index (χ1n) is 11.8. The molecule has 9 heteroatoms. The van der Waals surface area contributed by atoms with Crippen molar-refractivity contribution in [2.24, 2.45) is 0 Å². The van der Waals surface area contributed by atoms with Crippen LogP contribution in [0.4, 0.5) is 11.5 Å². The zero-order chi connectivity index (χ0) is 23.1. The van der Waals surface area contributed by atoms with E-state index < -0.39 is 0 Å². The summed E-state index contributed by atoms with van der Waals surface area (Å²) in [6.07, 6.45) is 11.0. The van der Waals surface area contributed by atoms with Gasteiger partial charge in [0.1, 0.15) is 11.2 Å². The Bertz CT molecular complexity index is 1460. The van der Waals surface area contributed by atoms with Crippen LogP contribution in [0.15, 0.2) is 43.0 Å². The third-order valence-corrected chi connectivity index (χ3v) is 6.21. The van der Waals surface area contributed by atoms with Gasteiger partial charge in [0.2, 0.25) is 0 Å². The van der Waals surface area contributed by atoms with Gasteiger partial charge in [0.15, 0.2) is 17.3 Å². The number of pyridine rings is 3. The van der Waals surface area contributed by atoms with Crippen LogP contribution in [0.5, 0.6) is 0 Å². The number of piperidine rings is 1. The predicted octanol–water partition coefficient (Wildman–Crippen LogP) is 4.77. The number of hydrogen-bond donors (Lipinski definition) is 3. The molecule has 0 amide bonds. The van der Waals surface area contributed by atoms with Gasteiger partial charge in [-0.05, 0) is 51.3 Å². The molecule has 0 aromatic carbocycles. The first-order chi connectivity index (χ1) is 16.7. The fourth-order valence-electron chi connectivity index (χ4n) is 4.63. The standard InChI is InChI=1S/C25H27N9/c1-15(2)29-18-10-16(12-26-14-18)17-11-19-21(32-33-23(19)28-13-17)24-30-20-6-7-27-25(22(20)31-24)34-8-4-3-5-9-34/h6-7,10-15,29H,3-5,8-9H2,1-2H3,(H,30,31)(H,28,32,33). The number of rotatable bonds is 5. The van der Waals surface area contributed by atoms with Gasteiger partial charge in [0.05, 0.1) is 16.6 Å². The minimum atomic E-state index is 0.329. The van der Waals surface area contributed by atoms with Gasteiger partial charge < -0.3 is 15.2 Å². The van der Waals surface area contributed by atoms with Crippen LogP contribution >= 0.6 is 0 Å². The van der Waals surface area contributed by atoms with E-state index in [1.807, 2.05) is 30.9 Å². The summed E-state index contributed by atoms with van der Waals surface area (Å²) < 4.78 is 0. The van der Waals surface area contributed by atoms with Gasteiger partial charge in [-0.15, -0.1) is 0 Å². The molecule has 0 atom stereocenters. The van der Waals surface area contributed by atoms with Crippen molar-refractivity contribution in [2.75, 3.05) is 23.3 Å². The van der Waals surface area contributed by atoms with Crippen molar-refractivity contribution in [1.82, 2.24) is 35.1 Å². The highest BCUT2D eigenvalue weighted by Crippen LogP contribution is 2.32. The summed E-state index contributed by atoms with van der Waals surface area (Å²) in [6.45, 7) is 6.26. The van der Waals surface area contributed by atoms with Gasteiger partial charge in [0, 0.05) is 55.0 Å². The summed E-state index contributed by atoms with van der Waals surface area (Å²) in [5.41, 5.74) is 6.27. The van der Waals surface area contributed by atoms with Crippen LogP contribution in [0.1, 0.15) is 33.1 Å². The largest absolute Gasteiger partial charge is 0.382 e. The molecule has 0 aliphatic carbocycles. The van der Waals surface area contributed by atoms with Crippen LogP contribution in [0.3, 0.4) is 0 Å². The van der Waals surface area contributed by atoms with E-state index in [1.165, 1.54) is 19.3 Å². The number of fused-ring (bicyclic) bond motifs is 2. The quantitative estimate of drug-likeness (QED) is 0.351. The smallest absolute Gasteiger partial charge is 0.181 e. The SMILES string of the molecule is CC(C)Nc1cncc(-c2cnc3n[nH]c(-c4nc5c(N6CCCCC6)nccc5[nH]4)c3c2)c1. The van der Waals surface area contributed by atoms with Crippen molar-refractivity contribution in [3.63, 3.8) is 0 Å². The molecule has 1 fully saturated rings. The molecular formula is C25H27N9. The fraction of sp³-hybridized carbons (Fsp3) is 0.320. The monoisotopic (exact) mass is 453 g/mol. The highest BCUT2D eigenvalue weighted by Gasteiger charge is 2.20. The van der Waals surface area contributed by atoms with Gasteiger partial charge in [-0.3, -0.25) is 10.1 Å². The Labute approximate surface area is 197 Å². The van der Waals surface area contributed by atoms with Crippen LogP contribution < -0.4 is 10.2 Å². The first kappa shape index (κ1) is 20.6. The average molecular weight is 454 g/mol. The Morgan fingerprint density at radius 3 is 2.71 bits per heavy atom. The molecule has 5 aromatic rings. The fourth-order valence-corrected chi connectivity index (χ4v) is 4.63. The number of nitrogens with one attached hydrogen (secondary N) is 3. The summed E-state index contributed by atoms with van der Waals surface area (Å²) in [6, 6.07) is 6.48. The Morgan fingerprint density at radius 2 is 1.85 bits per heavy atom. The summed E-state index contributed by atoms with van der Waals surface area (Å²) in [7, 11) is 0. The third-order valence-electron chi connectivity index (χ3n) is 6.21. The molecule has 6 rings (SSSR count). The van der Waals surface area contributed by atoms with Crippen LogP contribution in [0.25, 0.3) is 44.7 Å². The van der Waals surface area contributed by atoms with Gasteiger partial charge in [-0.1, -0.05) is 0 Å². The number of imidazole rings is 1. The second kappa shape index (κ2) is 8.40. The average Bonchev–Trinajstić information content (AvgIpc) is 3.48. The number of nitrogens with zero attached hydrogens (tertiary/aromatic N) is 6. The summed E-state index contributed by atoms with van der Waals surface area (Å²) >= 11 is 0. The van der Waals surface area contributed by atoms with Gasteiger partial charge in [-0.2, -0.15) is 5.10 Å². The molecular weight excluding hydrogens is 426 g/mol. The van der Waals surface area contributed by atoms with Crippen LogP contribution in [0.2, 0.25) is 0 Å².